The third-order valence-electron chi connectivity index (χ3n) is 3.33. The van der Waals surface area contributed by atoms with E-state index in [1.165, 1.54) is 12.1 Å². The van der Waals surface area contributed by atoms with Crippen LogP contribution >= 0.6 is 0 Å². The normalized spacial score (nSPS) is 12.2. The number of nitrogens with two attached hydrogens (primary N) is 1. The number of halogens is 1. The van der Waals surface area contributed by atoms with E-state index < -0.39 is 0 Å². The van der Waals surface area contributed by atoms with E-state index in [9.17, 15) is 4.39 Å². The molecule has 0 radical (unpaired) electrons. The molecule has 2 aromatic rings. The standard InChI is InChI=1S/C16H19FN2/c1-3-15(18)14-9-4-5-10-16(14)19(2)13-8-6-7-12(17)11-13/h4-11,15H,3,18H2,1-2H3/t15-/m0/s1. The molecule has 0 bridgehead atoms. The van der Waals surface area contributed by atoms with Gasteiger partial charge in [0.15, 0.2) is 0 Å². The van der Waals surface area contributed by atoms with Gasteiger partial charge in [-0.2, -0.15) is 0 Å². The maximum absolute atomic E-state index is 13.3. The molecule has 0 saturated carbocycles. The van der Waals surface area contributed by atoms with Crippen molar-refractivity contribution < 1.29 is 4.39 Å². The molecule has 0 amide bonds. The van der Waals surface area contributed by atoms with Crippen LogP contribution in [-0.4, -0.2) is 7.05 Å². The van der Waals surface area contributed by atoms with E-state index in [4.69, 9.17) is 5.73 Å². The molecule has 3 heteroatoms. The summed E-state index contributed by atoms with van der Waals surface area (Å²) in [5, 5.41) is 0. The Morgan fingerprint density at radius 3 is 2.58 bits per heavy atom. The first-order valence-corrected chi connectivity index (χ1v) is 6.47. The highest BCUT2D eigenvalue weighted by molar-refractivity contribution is 5.66. The van der Waals surface area contributed by atoms with E-state index in [1.807, 2.05) is 42.3 Å². The van der Waals surface area contributed by atoms with E-state index in [2.05, 4.69) is 6.92 Å². The van der Waals surface area contributed by atoms with Gasteiger partial charge in [0.05, 0.1) is 0 Å². The Morgan fingerprint density at radius 1 is 1.16 bits per heavy atom. The first-order chi connectivity index (χ1) is 9.13. The minimum Gasteiger partial charge on any atom is -0.344 e. The molecular formula is C16H19FN2. The van der Waals surface area contributed by atoms with Gasteiger partial charge in [-0.15, -0.1) is 0 Å². The number of anilines is 2. The first kappa shape index (κ1) is 13.6. The van der Waals surface area contributed by atoms with Gasteiger partial charge in [0.1, 0.15) is 5.82 Å². The van der Waals surface area contributed by atoms with Gasteiger partial charge >= 0.3 is 0 Å². The molecule has 0 saturated heterocycles. The molecule has 0 heterocycles. The van der Waals surface area contributed by atoms with E-state index in [0.717, 1.165) is 23.4 Å². The number of rotatable bonds is 4. The maximum Gasteiger partial charge on any atom is 0.125 e. The van der Waals surface area contributed by atoms with Crippen LogP contribution in [0.15, 0.2) is 48.5 Å². The fourth-order valence-corrected chi connectivity index (χ4v) is 2.15. The topological polar surface area (TPSA) is 29.3 Å². The summed E-state index contributed by atoms with van der Waals surface area (Å²) in [4.78, 5) is 1.97. The minimum atomic E-state index is -0.235. The van der Waals surface area contributed by atoms with Crippen molar-refractivity contribution >= 4 is 11.4 Å². The predicted molar refractivity (Wildman–Crippen MR) is 78.1 cm³/mol. The van der Waals surface area contributed by atoms with Gasteiger partial charge in [-0.3, -0.25) is 0 Å². The Morgan fingerprint density at radius 2 is 1.89 bits per heavy atom. The lowest BCUT2D eigenvalue weighted by molar-refractivity contribution is 0.628. The largest absolute Gasteiger partial charge is 0.344 e. The fraction of sp³-hybridized carbons (Fsp3) is 0.250. The van der Waals surface area contributed by atoms with Crippen molar-refractivity contribution in [3.05, 3.63) is 59.9 Å². The Hall–Kier alpha value is -1.87. The Bertz CT molecular complexity index is 554. The van der Waals surface area contributed by atoms with Gasteiger partial charge in [0.2, 0.25) is 0 Å². The fourth-order valence-electron chi connectivity index (χ4n) is 2.15. The summed E-state index contributed by atoms with van der Waals surface area (Å²) in [6, 6.07) is 14.5. The van der Waals surface area contributed by atoms with Crippen molar-refractivity contribution in [2.75, 3.05) is 11.9 Å². The summed E-state index contributed by atoms with van der Waals surface area (Å²) in [5.74, 6) is -0.235. The second kappa shape index (κ2) is 5.85. The molecular weight excluding hydrogens is 239 g/mol. The van der Waals surface area contributed by atoms with Crippen LogP contribution in [0.4, 0.5) is 15.8 Å². The zero-order chi connectivity index (χ0) is 13.8. The molecule has 2 rings (SSSR count). The van der Waals surface area contributed by atoms with E-state index in [0.29, 0.717) is 0 Å². The van der Waals surface area contributed by atoms with Crippen LogP contribution in [0.5, 0.6) is 0 Å². The van der Waals surface area contributed by atoms with Crippen LogP contribution in [0.3, 0.4) is 0 Å². The molecule has 0 fully saturated rings. The second-order valence-corrected chi connectivity index (χ2v) is 4.61. The highest BCUT2D eigenvalue weighted by Crippen LogP contribution is 2.31. The Kier molecular flexibility index (Phi) is 4.17. The quantitative estimate of drug-likeness (QED) is 0.898. The monoisotopic (exact) mass is 258 g/mol. The van der Waals surface area contributed by atoms with Gasteiger partial charge < -0.3 is 10.6 Å². The molecule has 2 nitrogen and oxygen atoms in total. The van der Waals surface area contributed by atoms with Crippen LogP contribution in [0.1, 0.15) is 24.9 Å². The Labute approximate surface area is 113 Å². The van der Waals surface area contributed by atoms with E-state index in [1.54, 1.807) is 6.07 Å². The smallest absolute Gasteiger partial charge is 0.125 e. The number of para-hydroxylation sites is 1. The molecule has 2 N–H and O–H groups in total. The second-order valence-electron chi connectivity index (χ2n) is 4.61. The summed E-state index contributed by atoms with van der Waals surface area (Å²) in [6.45, 7) is 2.06. The van der Waals surface area contributed by atoms with Crippen LogP contribution < -0.4 is 10.6 Å². The third kappa shape index (κ3) is 2.93. The lowest BCUT2D eigenvalue weighted by Gasteiger charge is -2.24. The van der Waals surface area contributed by atoms with Crippen molar-refractivity contribution in [1.82, 2.24) is 0 Å². The summed E-state index contributed by atoms with van der Waals surface area (Å²) < 4.78 is 13.3. The highest BCUT2D eigenvalue weighted by Gasteiger charge is 2.13. The molecule has 0 unspecified atom stereocenters. The van der Waals surface area contributed by atoms with E-state index in [-0.39, 0.29) is 11.9 Å². The maximum atomic E-state index is 13.3. The van der Waals surface area contributed by atoms with Gasteiger partial charge in [-0.05, 0) is 36.2 Å². The van der Waals surface area contributed by atoms with Crippen molar-refractivity contribution in [3.8, 4) is 0 Å². The average molecular weight is 258 g/mol. The zero-order valence-electron chi connectivity index (χ0n) is 11.3. The number of hydrogen-bond acceptors (Lipinski definition) is 2. The van der Waals surface area contributed by atoms with Crippen LogP contribution in [0.25, 0.3) is 0 Å². The van der Waals surface area contributed by atoms with Crippen LogP contribution in [0.2, 0.25) is 0 Å². The van der Waals surface area contributed by atoms with Gasteiger partial charge in [-0.25, -0.2) is 4.39 Å². The van der Waals surface area contributed by atoms with Gasteiger partial charge in [0.25, 0.3) is 0 Å². The SMILES string of the molecule is CC[C@H](N)c1ccccc1N(C)c1cccc(F)c1. The third-order valence-corrected chi connectivity index (χ3v) is 3.33. The van der Waals surface area contributed by atoms with Crippen LogP contribution in [-0.2, 0) is 0 Å². The molecule has 0 aliphatic heterocycles. The summed E-state index contributed by atoms with van der Waals surface area (Å²) in [6.07, 6.45) is 0.869. The Balaban J connectivity index is 2.41. The van der Waals surface area contributed by atoms with Gasteiger partial charge in [0, 0.05) is 24.5 Å². The predicted octanol–water partition coefficient (Wildman–Crippen LogP) is 4.00. The van der Waals surface area contributed by atoms with E-state index >= 15 is 0 Å². The summed E-state index contributed by atoms with van der Waals surface area (Å²) in [5.41, 5.74) is 9.05. The summed E-state index contributed by atoms with van der Waals surface area (Å²) in [7, 11) is 1.93. The van der Waals surface area contributed by atoms with Crippen molar-refractivity contribution in [3.63, 3.8) is 0 Å². The zero-order valence-corrected chi connectivity index (χ0v) is 11.3. The number of nitrogens with zero attached hydrogens (tertiary/aromatic N) is 1. The lowest BCUT2D eigenvalue weighted by Crippen LogP contribution is -2.16. The molecule has 0 spiro atoms. The van der Waals surface area contributed by atoms with Crippen molar-refractivity contribution in [2.45, 2.75) is 19.4 Å². The first-order valence-electron chi connectivity index (χ1n) is 6.47. The molecule has 0 aliphatic carbocycles. The molecule has 19 heavy (non-hydrogen) atoms. The molecule has 2 aromatic carbocycles. The average Bonchev–Trinajstić information content (AvgIpc) is 2.45. The number of hydrogen-bond donors (Lipinski definition) is 1. The molecule has 0 aromatic heterocycles. The number of benzene rings is 2. The summed E-state index contributed by atoms with van der Waals surface area (Å²) >= 11 is 0. The molecule has 100 valence electrons. The van der Waals surface area contributed by atoms with Crippen LogP contribution in [0, 0.1) is 5.82 Å². The van der Waals surface area contributed by atoms with Crippen molar-refractivity contribution in [2.24, 2.45) is 5.73 Å². The highest BCUT2D eigenvalue weighted by atomic mass is 19.1. The molecule has 0 aliphatic rings. The lowest BCUT2D eigenvalue weighted by atomic mass is 10.0. The van der Waals surface area contributed by atoms with Gasteiger partial charge in [-0.1, -0.05) is 31.2 Å². The molecule has 1 atom stereocenters. The minimum absolute atomic E-state index is 0.00721. The van der Waals surface area contributed by atoms with Crippen molar-refractivity contribution in [1.29, 1.82) is 0 Å².